The van der Waals surface area contributed by atoms with Crippen molar-refractivity contribution in [3.8, 4) is 11.3 Å². The van der Waals surface area contributed by atoms with E-state index in [0.29, 0.717) is 13.2 Å². The first-order chi connectivity index (χ1) is 11.7. The number of hydrogen-bond acceptors (Lipinski definition) is 4. The molecule has 2 aliphatic heterocycles. The molecule has 0 unspecified atom stereocenters. The number of aromatic nitrogens is 1. The normalized spacial score (nSPS) is 26.4. The van der Waals surface area contributed by atoms with Crippen LogP contribution in [0.5, 0.6) is 0 Å². The van der Waals surface area contributed by atoms with Gasteiger partial charge in [-0.25, -0.2) is 4.79 Å². The zero-order chi connectivity index (χ0) is 16.6. The quantitative estimate of drug-likeness (QED) is 0.936. The number of hydrogen-bond donors (Lipinski definition) is 1. The lowest BCUT2D eigenvalue weighted by Crippen LogP contribution is -2.45. The highest BCUT2D eigenvalue weighted by Crippen LogP contribution is 2.39. The van der Waals surface area contributed by atoms with Gasteiger partial charge in [-0.15, -0.1) is 0 Å². The largest absolute Gasteiger partial charge is 0.479 e. The third-order valence-corrected chi connectivity index (χ3v) is 5.08. The predicted molar refractivity (Wildman–Crippen MR) is 89.4 cm³/mol. The molecule has 0 aliphatic carbocycles. The van der Waals surface area contributed by atoms with E-state index >= 15 is 0 Å². The van der Waals surface area contributed by atoms with Crippen LogP contribution in [0.2, 0.25) is 0 Å². The van der Waals surface area contributed by atoms with Crippen LogP contribution in [0.25, 0.3) is 11.3 Å². The van der Waals surface area contributed by atoms with Crippen LogP contribution < -0.4 is 0 Å². The van der Waals surface area contributed by atoms with Crippen molar-refractivity contribution in [1.82, 2.24) is 9.88 Å². The first-order valence-electron chi connectivity index (χ1n) is 8.27. The number of rotatable bonds is 4. The van der Waals surface area contributed by atoms with Gasteiger partial charge in [0.05, 0.1) is 5.69 Å². The minimum Gasteiger partial charge on any atom is -0.479 e. The van der Waals surface area contributed by atoms with Gasteiger partial charge in [-0.05, 0) is 30.2 Å². The number of benzene rings is 1. The van der Waals surface area contributed by atoms with Crippen molar-refractivity contribution >= 4 is 5.97 Å². The number of pyridine rings is 1. The minimum atomic E-state index is -1.00. The van der Waals surface area contributed by atoms with Crippen molar-refractivity contribution < 1.29 is 14.6 Å². The Labute approximate surface area is 140 Å². The Morgan fingerprint density at radius 1 is 1.33 bits per heavy atom. The van der Waals surface area contributed by atoms with Crippen molar-refractivity contribution in [2.75, 3.05) is 19.7 Å². The Morgan fingerprint density at radius 2 is 2.25 bits per heavy atom. The topological polar surface area (TPSA) is 62.7 Å². The van der Waals surface area contributed by atoms with Crippen LogP contribution in [-0.4, -0.2) is 46.3 Å². The summed E-state index contributed by atoms with van der Waals surface area (Å²) in [5.74, 6) is -0.733. The fraction of sp³-hybridized carbons (Fsp3) is 0.368. The van der Waals surface area contributed by atoms with Gasteiger partial charge >= 0.3 is 5.97 Å². The van der Waals surface area contributed by atoms with Gasteiger partial charge in [0, 0.05) is 43.9 Å². The number of carbonyl (C=O) groups is 1. The Kier molecular flexibility index (Phi) is 3.82. The molecule has 1 N–H and O–H groups in total. The summed E-state index contributed by atoms with van der Waals surface area (Å²) in [6.45, 7) is 2.52. The first-order valence-corrected chi connectivity index (χ1v) is 8.27. The zero-order valence-corrected chi connectivity index (χ0v) is 13.4. The molecule has 1 aromatic heterocycles. The van der Waals surface area contributed by atoms with Gasteiger partial charge in [0.1, 0.15) is 0 Å². The van der Waals surface area contributed by atoms with E-state index in [1.54, 1.807) is 6.20 Å². The number of aliphatic carboxylic acids is 1. The van der Waals surface area contributed by atoms with E-state index in [-0.39, 0.29) is 5.92 Å². The SMILES string of the molecule is O=C(O)[C@]12CN(Cc3cccc(-c4ccccn4)c3)C[C@H]1CCO2. The fourth-order valence-corrected chi connectivity index (χ4v) is 3.90. The average Bonchev–Trinajstić information content (AvgIpc) is 3.14. The van der Waals surface area contributed by atoms with Crippen molar-refractivity contribution in [2.24, 2.45) is 5.92 Å². The molecule has 2 aliphatic rings. The van der Waals surface area contributed by atoms with Gasteiger partial charge < -0.3 is 9.84 Å². The van der Waals surface area contributed by atoms with E-state index in [9.17, 15) is 9.90 Å². The number of likely N-dealkylation sites (tertiary alicyclic amines) is 1. The number of fused-ring (bicyclic) bond motifs is 1. The van der Waals surface area contributed by atoms with Crippen LogP contribution in [0.15, 0.2) is 48.7 Å². The van der Waals surface area contributed by atoms with Crippen molar-refractivity contribution in [3.05, 3.63) is 54.2 Å². The fourth-order valence-electron chi connectivity index (χ4n) is 3.90. The lowest BCUT2D eigenvalue weighted by atomic mass is 9.91. The second kappa shape index (κ2) is 6.00. The van der Waals surface area contributed by atoms with E-state index < -0.39 is 11.6 Å². The predicted octanol–water partition coefficient (Wildman–Crippen LogP) is 2.42. The number of carboxylic acid groups (broad SMARTS) is 1. The van der Waals surface area contributed by atoms with Gasteiger partial charge in [0.15, 0.2) is 5.60 Å². The van der Waals surface area contributed by atoms with Crippen LogP contribution in [0.1, 0.15) is 12.0 Å². The van der Waals surface area contributed by atoms with Gasteiger partial charge in [-0.3, -0.25) is 9.88 Å². The molecule has 3 heterocycles. The summed E-state index contributed by atoms with van der Waals surface area (Å²) >= 11 is 0. The maximum Gasteiger partial charge on any atom is 0.337 e. The van der Waals surface area contributed by atoms with Crippen LogP contribution >= 0.6 is 0 Å². The minimum absolute atomic E-state index is 0.0916. The van der Waals surface area contributed by atoms with Crippen LogP contribution in [0, 0.1) is 5.92 Å². The molecule has 0 radical (unpaired) electrons. The molecule has 0 saturated carbocycles. The van der Waals surface area contributed by atoms with Gasteiger partial charge in [-0.1, -0.05) is 24.3 Å². The first kappa shape index (κ1) is 15.3. The molecule has 2 atom stereocenters. The Bertz CT molecular complexity index is 749. The van der Waals surface area contributed by atoms with Crippen LogP contribution in [-0.2, 0) is 16.1 Å². The van der Waals surface area contributed by atoms with Gasteiger partial charge in [0.25, 0.3) is 0 Å². The highest BCUT2D eigenvalue weighted by Gasteiger charge is 2.56. The monoisotopic (exact) mass is 324 g/mol. The summed E-state index contributed by atoms with van der Waals surface area (Å²) in [4.78, 5) is 18.3. The number of nitrogens with zero attached hydrogens (tertiary/aromatic N) is 2. The summed E-state index contributed by atoms with van der Waals surface area (Å²) in [5, 5.41) is 9.59. The maximum absolute atomic E-state index is 11.7. The van der Waals surface area contributed by atoms with Gasteiger partial charge in [0.2, 0.25) is 0 Å². The summed E-state index contributed by atoms with van der Waals surface area (Å²) in [7, 11) is 0. The molecule has 2 aromatic rings. The molecule has 0 amide bonds. The molecule has 0 spiro atoms. The van der Waals surface area contributed by atoms with Crippen molar-refractivity contribution in [2.45, 2.75) is 18.6 Å². The lowest BCUT2D eigenvalue weighted by Gasteiger charge is -2.23. The number of ether oxygens (including phenoxy) is 1. The maximum atomic E-state index is 11.7. The van der Waals surface area contributed by atoms with E-state index in [4.69, 9.17) is 4.74 Å². The van der Waals surface area contributed by atoms with Crippen molar-refractivity contribution in [3.63, 3.8) is 0 Å². The van der Waals surface area contributed by atoms with E-state index in [1.807, 2.05) is 30.3 Å². The van der Waals surface area contributed by atoms with E-state index in [2.05, 4.69) is 22.0 Å². The molecule has 1 aromatic carbocycles. The standard InChI is InChI=1S/C19H20N2O3/c22-18(23)19-13-21(12-16(19)7-9-24-19)11-14-4-3-5-15(10-14)17-6-1-2-8-20-17/h1-6,8,10,16H,7,9,11-13H2,(H,22,23)/t16-,19+/m1/s1. The highest BCUT2D eigenvalue weighted by molar-refractivity contribution is 5.79. The van der Waals surface area contributed by atoms with Crippen molar-refractivity contribution in [1.29, 1.82) is 0 Å². The second-order valence-corrected chi connectivity index (χ2v) is 6.61. The van der Waals surface area contributed by atoms with Gasteiger partial charge in [-0.2, -0.15) is 0 Å². The second-order valence-electron chi connectivity index (χ2n) is 6.61. The summed E-state index contributed by atoms with van der Waals surface area (Å²) in [5.41, 5.74) is 2.19. The summed E-state index contributed by atoms with van der Waals surface area (Å²) in [6.07, 6.45) is 2.62. The highest BCUT2D eigenvalue weighted by atomic mass is 16.5. The molecule has 5 nitrogen and oxygen atoms in total. The van der Waals surface area contributed by atoms with E-state index in [1.165, 1.54) is 5.56 Å². The average molecular weight is 324 g/mol. The molecule has 0 bridgehead atoms. The Balaban J connectivity index is 1.52. The smallest absolute Gasteiger partial charge is 0.337 e. The molecular formula is C19H20N2O3. The Morgan fingerprint density at radius 3 is 3.00 bits per heavy atom. The third-order valence-electron chi connectivity index (χ3n) is 5.08. The molecule has 2 fully saturated rings. The Hall–Kier alpha value is -2.24. The third kappa shape index (κ3) is 2.60. The lowest BCUT2D eigenvalue weighted by molar-refractivity contribution is -0.161. The zero-order valence-electron chi connectivity index (χ0n) is 13.4. The summed E-state index contributed by atoms with van der Waals surface area (Å²) < 4.78 is 5.64. The molecular weight excluding hydrogens is 304 g/mol. The molecule has 24 heavy (non-hydrogen) atoms. The molecule has 124 valence electrons. The van der Waals surface area contributed by atoms with Crippen LogP contribution in [0.3, 0.4) is 0 Å². The molecule has 5 heteroatoms. The number of carboxylic acids is 1. The molecule has 2 saturated heterocycles. The van der Waals surface area contributed by atoms with E-state index in [0.717, 1.165) is 30.8 Å². The molecule has 4 rings (SSSR count). The summed E-state index contributed by atoms with van der Waals surface area (Å²) in [6, 6.07) is 14.2. The van der Waals surface area contributed by atoms with Crippen LogP contribution in [0.4, 0.5) is 0 Å².